The van der Waals surface area contributed by atoms with Crippen molar-refractivity contribution in [1.29, 1.82) is 0 Å². The number of benzene rings is 2. The van der Waals surface area contributed by atoms with Crippen LogP contribution >= 0.6 is 0 Å². The summed E-state index contributed by atoms with van der Waals surface area (Å²) < 4.78 is 10.9. The Bertz CT molecular complexity index is 708. The highest BCUT2D eigenvalue weighted by atomic mass is 16.5. The molecule has 3 rings (SSSR count). The molecule has 2 aromatic carbocycles. The zero-order valence-electron chi connectivity index (χ0n) is 12.3. The molecule has 23 heavy (non-hydrogen) atoms. The molecule has 0 atom stereocenters. The van der Waals surface area contributed by atoms with Crippen LogP contribution in [0.15, 0.2) is 42.5 Å². The molecule has 0 saturated carbocycles. The van der Waals surface area contributed by atoms with Crippen molar-refractivity contribution < 1.29 is 19.2 Å². The number of rotatable bonds is 4. The van der Waals surface area contributed by atoms with Crippen molar-refractivity contribution in [2.24, 2.45) is 5.84 Å². The van der Waals surface area contributed by atoms with E-state index in [1.54, 1.807) is 12.1 Å². The van der Waals surface area contributed by atoms with E-state index in [2.05, 4.69) is 5.32 Å². The topological polar surface area (TPSA) is 106 Å². The van der Waals surface area contributed by atoms with Crippen LogP contribution in [0.1, 0.15) is 11.1 Å². The smallest absolute Gasteiger partial charge is 0.457 e. The number of fused-ring (bicyclic) bond motifs is 1. The van der Waals surface area contributed by atoms with Gasteiger partial charge >= 0.3 is 13.1 Å². The lowest BCUT2D eigenvalue weighted by Gasteiger charge is -2.09. The standard InChI is InChI=1S/C15H16BN3O4/c17-19-15(20)18-8-10-1-3-12(4-2-10)23-13-5-6-14-11(7-13)9-22-16(14)21/h1-7,21H,8-9,17H2,(H2,18,19,20). The third-order valence-corrected chi connectivity index (χ3v) is 3.52. The highest BCUT2D eigenvalue weighted by molar-refractivity contribution is 6.61. The van der Waals surface area contributed by atoms with Crippen molar-refractivity contribution in [2.75, 3.05) is 0 Å². The molecule has 1 heterocycles. The molecule has 2 amide bonds. The van der Waals surface area contributed by atoms with Crippen LogP contribution in [0.3, 0.4) is 0 Å². The van der Waals surface area contributed by atoms with E-state index in [0.29, 0.717) is 24.7 Å². The predicted octanol–water partition coefficient (Wildman–Crippen LogP) is 0.369. The van der Waals surface area contributed by atoms with E-state index in [-0.39, 0.29) is 0 Å². The highest BCUT2D eigenvalue weighted by Gasteiger charge is 2.27. The lowest BCUT2D eigenvalue weighted by atomic mass is 9.80. The van der Waals surface area contributed by atoms with E-state index in [4.69, 9.17) is 15.2 Å². The van der Waals surface area contributed by atoms with Crippen LogP contribution in [0.25, 0.3) is 0 Å². The average Bonchev–Trinajstić information content (AvgIpc) is 2.94. The van der Waals surface area contributed by atoms with Crippen LogP contribution in [0.2, 0.25) is 0 Å². The maximum atomic E-state index is 11.0. The van der Waals surface area contributed by atoms with E-state index >= 15 is 0 Å². The average molecular weight is 313 g/mol. The van der Waals surface area contributed by atoms with Gasteiger partial charge in [-0.05, 0) is 40.9 Å². The summed E-state index contributed by atoms with van der Waals surface area (Å²) >= 11 is 0. The van der Waals surface area contributed by atoms with Crippen molar-refractivity contribution >= 4 is 18.6 Å². The van der Waals surface area contributed by atoms with E-state index in [1.165, 1.54) is 0 Å². The maximum Gasteiger partial charge on any atom is 0.491 e. The molecule has 1 aliphatic heterocycles. The summed E-state index contributed by atoms with van der Waals surface area (Å²) in [7, 11) is -0.850. The van der Waals surface area contributed by atoms with E-state index in [9.17, 15) is 9.82 Å². The first-order valence-corrected chi connectivity index (χ1v) is 7.09. The van der Waals surface area contributed by atoms with Gasteiger partial charge in [0, 0.05) is 6.54 Å². The quantitative estimate of drug-likeness (QED) is 0.282. The van der Waals surface area contributed by atoms with Crippen LogP contribution in [-0.2, 0) is 17.8 Å². The third-order valence-electron chi connectivity index (χ3n) is 3.52. The molecular weight excluding hydrogens is 297 g/mol. The molecule has 5 N–H and O–H groups in total. The molecule has 1 aliphatic rings. The fourth-order valence-electron chi connectivity index (χ4n) is 2.31. The Morgan fingerprint density at radius 1 is 1.26 bits per heavy atom. The largest absolute Gasteiger partial charge is 0.491 e. The molecular formula is C15H16BN3O4. The van der Waals surface area contributed by atoms with Gasteiger partial charge in [0.15, 0.2) is 0 Å². The lowest BCUT2D eigenvalue weighted by molar-refractivity contribution is 0.241. The Morgan fingerprint density at radius 3 is 2.74 bits per heavy atom. The number of urea groups is 1. The zero-order valence-corrected chi connectivity index (χ0v) is 12.3. The number of hydrazine groups is 1. The van der Waals surface area contributed by atoms with E-state index < -0.39 is 13.1 Å². The third kappa shape index (κ3) is 3.62. The number of carbonyl (C=O) groups is 1. The van der Waals surface area contributed by atoms with Gasteiger partial charge in [0.1, 0.15) is 11.5 Å². The Hall–Kier alpha value is -2.55. The molecule has 8 heteroatoms. The van der Waals surface area contributed by atoms with Crippen molar-refractivity contribution in [2.45, 2.75) is 13.2 Å². The van der Waals surface area contributed by atoms with Gasteiger partial charge in [0.25, 0.3) is 0 Å². The minimum atomic E-state index is -0.850. The van der Waals surface area contributed by atoms with Crippen molar-refractivity contribution in [3.8, 4) is 11.5 Å². The molecule has 2 aromatic rings. The summed E-state index contributed by atoms with van der Waals surface area (Å²) in [5.74, 6) is 6.34. The lowest BCUT2D eigenvalue weighted by Crippen LogP contribution is -2.39. The molecule has 0 bridgehead atoms. The van der Waals surface area contributed by atoms with E-state index in [0.717, 1.165) is 16.6 Å². The first-order chi connectivity index (χ1) is 11.2. The monoisotopic (exact) mass is 313 g/mol. The maximum absolute atomic E-state index is 11.0. The van der Waals surface area contributed by atoms with Gasteiger partial charge in [0.2, 0.25) is 0 Å². The minimum Gasteiger partial charge on any atom is -0.457 e. The highest BCUT2D eigenvalue weighted by Crippen LogP contribution is 2.24. The molecule has 0 spiro atoms. The van der Waals surface area contributed by atoms with Gasteiger partial charge in [-0.15, -0.1) is 0 Å². The summed E-state index contributed by atoms with van der Waals surface area (Å²) in [6, 6.07) is 12.3. The van der Waals surface area contributed by atoms with Gasteiger partial charge in [-0.3, -0.25) is 5.43 Å². The van der Waals surface area contributed by atoms with Crippen LogP contribution in [-0.4, -0.2) is 18.2 Å². The van der Waals surface area contributed by atoms with E-state index in [1.807, 2.05) is 35.8 Å². The van der Waals surface area contributed by atoms with Crippen molar-refractivity contribution in [3.05, 3.63) is 53.6 Å². The fraction of sp³-hybridized carbons (Fsp3) is 0.133. The Kier molecular flexibility index (Phi) is 4.47. The number of carbonyl (C=O) groups excluding carboxylic acids is 1. The minimum absolute atomic E-state index is 0.372. The number of hydrogen-bond donors (Lipinski definition) is 4. The van der Waals surface area contributed by atoms with Gasteiger partial charge in [-0.2, -0.15) is 0 Å². The second-order valence-corrected chi connectivity index (χ2v) is 5.10. The first kappa shape index (κ1) is 15.4. The summed E-state index contributed by atoms with van der Waals surface area (Å²) in [6.45, 7) is 0.749. The van der Waals surface area contributed by atoms with Crippen LogP contribution < -0.4 is 26.8 Å². The summed E-state index contributed by atoms with van der Waals surface area (Å²) in [6.07, 6.45) is 0. The van der Waals surface area contributed by atoms with Crippen LogP contribution in [0.5, 0.6) is 11.5 Å². The van der Waals surface area contributed by atoms with Crippen molar-refractivity contribution in [3.63, 3.8) is 0 Å². The summed E-state index contributed by atoms with van der Waals surface area (Å²) in [5, 5.41) is 12.2. The number of amides is 2. The molecule has 0 saturated heterocycles. The van der Waals surface area contributed by atoms with Gasteiger partial charge in [0.05, 0.1) is 6.61 Å². The number of hydrogen-bond acceptors (Lipinski definition) is 5. The Labute approximate surface area is 133 Å². The first-order valence-electron chi connectivity index (χ1n) is 7.09. The molecule has 0 fully saturated rings. The second kappa shape index (κ2) is 6.70. The normalized spacial score (nSPS) is 12.7. The summed E-state index contributed by atoms with van der Waals surface area (Å²) in [4.78, 5) is 11.0. The van der Waals surface area contributed by atoms with Gasteiger partial charge in [-0.25, -0.2) is 10.6 Å². The predicted molar refractivity (Wildman–Crippen MR) is 84.9 cm³/mol. The van der Waals surface area contributed by atoms with Crippen molar-refractivity contribution in [1.82, 2.24) is 10.7 Å². The molecule has 0 aromatic heterocycles. The molecule has 7 nitrogen and oxygen atoms in total. The van der Waals surface area contributed by atoms with Crippen LogP contribution in [0.4, 0.5) is 4.79 Å². The second-order valence-electron chi connectivity index (χ2n) is 5.10. The SMILES string of the molecule is NNC(=O)NCc1ccc(Oc2ccc3c(c2)COB3O)cc1. The summed E-state index contributed by atoms with van der Waals surface area (Å²) in [5.41, 5.74) is 4.62. The van der Waals surface area contributed by atoms with Gasteiger partial charge in [-0.1, -0.05) is 18.2 Å². The zero-order chi connectivity index (χ0) is 16.2. The molecule has 0 unspecified atom stereocenters. The molecule has 0 aliphatic carbocycles. The number of nitrogens with two attached hydrogens (primary N) is 1. The number of ether oxygens (including phenoxy) is 1. The van der Waals surface area contributed by atoms with Crippen LogP contribution in [0, 0.1) is 0 Å². The fourth-order valence-corrected chi connectivity index (χ4v) is 2.31. The number of nitrogens with one attached hydrogen (secondary N) is 2. The van der Waals surface area contributed by atoms with Gasteiger partial charge < -0.3 is 19.7 Å². The Balaban J connectivity index is 1.63. The Morgan fingerprint density at radius 2 is 2.00 bits per heavy atom. The molecule has 118 valence electrons. The molecule has 0 radical (unpaired) electrons.